The summed E-state index contributed by atoms with van der Waals surface area (Å²) in [5, 5.41) is 2.74. The van der Waals surface area contributed by atoms with Gasteiger partial charge >= 0.3 is 0 Å². The van der Waals surface area contributed by atoms with Crippen molar-refractivity contribution in [3.63, 3.8) is 0 Å². The Labute approximate surface area is 144 Å². The van der Waals surface area contributed by atoms with E-state index in [1.807, 2.05) is 0 Å². The SMILES string of the molecule is COc1ccc(OC)c(N(CC(=O)NCCC(C)C)S(C)(=O)=O)c1. The predicted molar refractivity (Wildman–Crippen MR) is 94.2 cm³/mol. The first kappa shape index (κ1) is 20.1. The molecule has 0 unspecified atom stereocenters. The first-order valence-corrected chi connectivity index (χ1v) is 9.50. The zero-order valence-electron chi connectivity index (χ0n) is 14.8. The third-order valence-corrected chi connectivity index (χ3v) is 4.51. The fourth-order valence-corrected chi connectivity index (χ4v) is 2.91. The molecule has 0 aliphatic carbocycles. The molecular formula is C16H26N2O5S. The van der Waals surface area contributed by atoms with Crippen LogP contribution < -0.4 is 19.1 Å². The number of sulfonamides is 1. The average molecular weight is 358 g/mol. The molecule has 0 fully saturated rings. The van der Waals surface area contributed by atoms with E-state index in [0.717, 1.165) is 17.0 Å². The third-order valence-electron chi connectivity index (χ3n) is 3.39. The van der Waals surface area contributed by atoms with Crippen molar-refractivity contribution in [3.05, 3.63) is 18.2 Å². The lowest BCUT2D eigenvalue weighted by molar-refractivity contribution is -0.119. The molecule has 0 saturated heterocycles. The second-order valence-electron chi connectivity index (χ2n) is 5.84. The van der Waals surface area contributed by atoms with Crippen molar-refractivity contribution in [2.24, 2.45) is 5.92 Å². The topological polar surface area (TPSA) is 84.9 Å². The number of amides is 1. The number of nitrogens with zero attached hydrogens (tertiary/aromatic N) is 1. The number of rotatable bonds is 9. The van der Waals surface area contributed by atoms with Crippen LogP contribution in [0.15, 0.2) is 18.2 Å². The van der Waals surface area contributed by atoms with Crippen LogP contribution in [-0.2, 0) is 14.8 Å². The summed E-state index contributed by atoms with van der Waals surface area (Å²) in [5.41, 5.74) is 0.262. The summed E-state index contributed by atoms with van der Waals surface area (Å²) in [6.45, 7) is 4.29. The van der Waals surface area contributed by atoms with E-state index < -0.39 is 10.0 Å². The second kappa shape index (κ2) is 8.77. The Morgan fingerprint density at radius 1 is 1.25 bits per heavy atom. The minimum absolute atomic E-state index is 0.262. The number of ether oxygens (including phenoxy) is 2. The van der Waals surface area contributed by atoms with E-state index in [1.54, 1.807) is 12.1 Å². The van der Waals surface area contributed by atoms with Crippen molar-refractivity contribution < 1.29 is 22.7 Å². The molecule has 0 atom stereocenters. The smallest absolute Gasteiger partial charge is 0.240 e. The lowest BCUT2D eigenvalue weighted by Gasteiger charge is -2.24. The molecule has 136 valence electrons. The Hall–Kier alpha value is -1.96. The van der Waals surface area contributed by atoms with Crippen LogP contribution in [0.25, 0.3) is 0 Å². The number of methoxy groups -OCH3 is 2. The molecule has 7 nitrogen and oxygen atoms in total. The van der Waals surface area contributed by atoms with E-state index in [4.69, 9.17) is 9.47 Å². The van der Waals surface area contributed by atoms with Gasteiger partial charge in [0.2, 0.25) is 15.9 Å². The maximum atomic E-state index is 12.2. The van der Waals surface area contributed by atoms with Gasteiger partial charge in [0, 0.05) is 12.6 Å². The molecule has 1 aromatic rings. The highest BCUT2D eigenvalue weighted by molar-refractivity contribution is 7.92. The van der Waals surface area contributed by atoms with Crippen LogP contribution in [0, 0.1) is 5.92 Å². The van der Waals surface area contributed by atoms with Gasteiger partial charge in [-0.3, -0.25) is 9.10 Å². The molecule has 0 saturated carbocycles. The van der Waals surface area contributed by atoms with Crippen molar-refractivity contribution in [1.82, 2.24) is 5.32 Å². The summed E-state index contributed by atoms with van der Waals surface area (Å²) < 4.78 is 35.7. The number of carbonyl (C=O) groups excluding carboxylic acids is 1. The summed E-state index contributed by atoms with van der Waals surface area (Å²) in [7, 11) is -0.755. The summed E-state index contributed by atoms with van der Waals surface area (Å²) in [6.07, 6.45) is 1.88. The van der Waals surface area contributed by atoms with Crippen LogP contribution in [0.2, 0.25) is 0 Å². The molecule has 8 heteroatoms. The highest BCUT2D eigenvalue weighted by Gasteiger charge is 2.24. The van der Waals surface area contributed by atoms with E-state index in [1.165, 1.54) is 20.3 Å². The van der Waals surface area contributed by atoms with E-state index in [2.05, 4.69) is 19.2 Å². The monoisotopic (exact) mass is 358 g/mol. The largest absolute Gasteiger partial charge is 0.497 e. The number of hydrogen-bond donors (Lipinski definition) is 1. The van der Waals surface area contributed by atoms with Crippen LogP contribution >= 0.6 is 0 Å². The van der Waals surface area contributed by atoms with Crippen molar-refractivity contribution in [1.29, 1.82) is 0 Å². The summed E-state index contributed by atoms with van der Waals surface area (Å²) in [5.74, 6) is 0.900. The van der Waals surface area contributed by atoms with E-state index in [-0.39, 0.29) is 18.1 Å². The first-order chi connectivity index (χ1) is 11.2. The maximum absolute atomic E-state index is 12.2. The molecule has 0 spiro atoms. The van der Waals surface area contributed by atoms with Crippen LogP contribution in [0.3, 0.4) is 0 Å². The second-order valence-corrected chi connectivity index (χ2v) is 7.75. The van der Waals surface area contributed by atoms with Gasteiger partial charge in [0.25, 0.3) is 0 Å². The predicted octanol–water partition coefficient (Wildman–Crippen LogP) is 1.63. The minimum Gasteiger partial charge on any atom is -0.497 e. The molecule has 0 heterocycles. The highest BCUT2D eigenvalue weighted by atomic mass is 32.2. The lowest BCUT2D eigenvalue weighted by Crippen LogP contribution is -2.41. The fourth-order valence-electron chi connectivity index (χ4n) is 2.06. The molecule has 0 aliphatic rings. The van der Waals surface area contributed by atoms with Crippen LogP contribution in [0.5, 0.6) is 11.5 Å². The lowest BCUT2D eigenvalue weighted by atomic mass is 10.1. The number of anilines is 1. The average Bonchev–Trinajstić information content (AvgIpc) is 2.50. The molecular weight excluding hydrogens is 332 g/mol. The molecule has 0 bridgehead atoms. The molecule has 24 heavy (non-hydrogen) atoms. The Bertz CT molecular complexity index is 658. The fraction of sp³-hybridized carbons (Fsp3) is 0.562. The highest BCUT2D eigenvalue weighted by Crippen LogP contribution is 2.33. The number of carbonyl (C=O) groups is 1. The summed E-state index contributed by atoms with van der Waals surface area (Å²) in [6, 6.07) is 4.79. The summed E-state index contributed by atoms with van der Waals surface area (Å²) >= 11 is 0. The van der Waals surface area contributed by atoms with Gasteiger partial charge in [0.15, 0.2) is 0 Å². The molecule has 1 amide bonds. The van der Waals surface area contributed by atoms with Gasteiger partial charge < -0.3 is 14.8 Å². The van der Waals surface area contributed by atoms with Crippen molar-refractivity contribution >= 4 is 21.6 Å². The van der Waals surface area contributed by atoms with Crippen molar-refractivity contribution in [3.8, 4) is 11.5 Å². The Balaban J connectivity index is 3.05. The molecule has 0 aliphatic heterocycles. The first-order valence-electron chi connectivity index (χ1n) is 7.65. The Morgan fingerprint density at radius 2 is 1.92 bits per heavy atom. The maximum Gasteiger partial charge on any atom is 0.240 e. The van der Waals surface area contributed by atoms with Gasteiger partial charge in [-0.2, -0.15) is 0 Å². The third kappa shape index (κ3) is 5.92. The van der Waals surface area contributed by atoms with Gasteiger partial charge in [-0.25, -0.2) is 8.42 Å². The van der Waals surface area contributed by atoms with Gasteiger partial charge in [0.1, 0.15) is 18.0 Å². The van der Waals surface area contributed by atoms with Gasteiger partial charge in [0.05, 0.1) is 26.2 Å². The Morgan fingerprint density at radius 3 is 2.42 bits per heavy atom. The molecule has 0 aromatic heterocycles. The van der Waals surface area contributed by atoms with Gasteiger partial charge in [-0.1, -0.05) is 13.8 Å². The van der Waals surface area contributed by atoms with Crippen LogP contribution in [0.4, 0.5) is 5.69 Å². The van der Waals surface area contributed by atoms with E-state index in [0.29, 0.717) is 24.0 Å². The van der Waals surface area contributed by atoms with E-state index >= 15 is 0 Å². The normalized spacial score (nSPS) is 11.2. The zero-order valence-corrected chi connectivity index (χ0v) is 15.6. The Kier molecular flexibility index (Phi) is 7.34. The van der Waals surface area contributed by atoms with Crippen LogP contribution in [-0.4, -0.2) is 47.9 Å². The number of nitrogens with one attached hydrogen (secondary N) is 1. The zero-order chi connectivity index (χ0) is 18.3. The minimum atomic E-state index is -3.68. The molecule has 1 aromatic carbocycles. The van der Waals surface area contributed by atoms with Gasteiger partial charge in [-0.05, 0) is 24.5 Å². The quantitative estimate of drug-likeness (QED) is 0.725. The van der Waals surface area contributed by atoms with Crippen molar-refractivity contribution in [2.45, 2.75) is 20.3 Å². The van der Waals surface area contributed by atoms with Gasteiger partial charge in [-0.15, -0.1) is 0 Å². The number of hydrogen-bond acceptors (Lipinski definition) is 5. The molecule has 1 rings (SSSR count). The van der Waals surface area contributed by atoms with E-state index in [9.17, 15) is 13.2 Å². The molecule has 0 radical (unpaired) electrons. The van der Waals surface area contributed by atoms with Crippen molar-refractivity contribution in [2.75, 3.05) is 37.9 Å². The summed E-state index contributed by atoms with van der Waals surface area (Å²) in [4.78, 5) is 12.1. The van der Waals surface area contributed by atoms with Crippen LogP contribution in [0.1, 0.15) is 20.3 Å². The number of benzene rings is 1. The standard InChI is InChI=1S/C16H26N2O5S/c1-12(2)8-9-17-16(19)11-18(24(5,20)21)14-10-13(22-3)6-7-15(14)23-4/h6-7,10,12H,8-9,11H2,1-5H3,(H,17,19). The molecule has 1 N–H and O–H groups in total.